The van der Waals surface area contributed by atoms with Crippen LogP contribution in [0.15, 0.2) is 18.2 Å². The van der Waals surface area contributed by atoms with E-state index >= 15 is 0 Å². The summed E-state index contributed by atoms with van der Waals surface area (Å²) in [5.41, 5.74) is 8.36. The average molecular weight is 241 g/mol. The van der Waals surface area contributed by atoms with E-state index in [-0.39, 0.29) is 6.04 Å². The van der Waals surface area contributed by atoms with E-state index in [1.165, 1.54) is 11.3 Å². The van der Waals surface area contributed by atoms with Crippen LogP contribution in [0.1, 0.15) is 26.3 Å². The second-order valence-electron chi connectivity index (χ2n) is 4.13. The molecule has 2 N–H and O–H groups in total. The van der Waals surface area contributed by atoms with Crippen molar-refractivity contribution in [2.75, 3.05) is 18.0 Å². The Labute approximate surface area is 103 Å². The van der Waals surface area contributed by atoms with E-state index in [0.29, 0.717) is 0 Å². The van der Waals surface area contributed by atoms with Crippen LogP contribution in [0.2, 0.25) is 5.02 Å². The van der Waals surface area contributed by atoms with Crippen LogP contribution in [0, 0.1) is 0 Å². The third-order valence-corrected chi connectivity index (χ3v) is 2.92. The maximum atomic E-state index is 6.03. The van der Waals surface area contributed by atoms with Gasteiger partial charge in [0.05, 0.1) is 0 Å². The Balaban J connectivity index is 3.05. The van der Waals surface area contributed by atoms with Gasteiger partial charge in [0.1, 0.15) is 0 Å². The molecule has 0 bridgehead atoms. The lowest BCUT2D eigenvalue weighted by Gasteiger charge is -2.25. The van der Waals surface area contributed by atoms with Crippen molar-refractivity contribution in [2.45, 2.75) is 33.2 Å². The fraction of sp³-hybridized carbons (Fsp3) is 0.538. The third-order valence-electron chi connectivity index (χ3n) is 2.69. The Morgan fingerprint density at radius 1 is 1.31 bits per heavy atom. The lowest BCUT2D eigenvalue weighted by Crippen LogP contribution is -2.25. The molecule has 0 fully saturated rings. The standard InChI is InChI=1S/C13H21ClN2/c1-4-16(5-2)13-7-6-12(14)9-11(13)8-10(3)15/h6-7,9-10H,4-5,8,15H2,1-3H3. The molecule has 3 heteroatoms. The fourth-order valence-corrected chi connectivity index (χ4v) is 2.13. The van der Waals surface area contributed by atoms with Crippen LogP contribution < -0.4 is 10.6 Å². The Morgan fingerprint density at radius 2 is 1.94 bits per heavy atom. The molecule has 0 aromatic heterocycles. The topological polar surface area (TPSA) is 29.3 Å². The summed E-state index contributed by atoms with van der Waals surface area (Å²) in [7, 11) is 0. The van der Waals surface area contributed by atoms with Crippen molar-refractivity contribution in [1.29, 1.82) is 0 Å². The van der Waals surface area contributed by atoms with Gasteiger partial charge in [-0.3, -0.25) is 0 Å². The molecule has 1 unspecified atom stereocenters. The van der Waals surface area contributed by atoms with Gasteiger partial charge >= 0.3 is 0 Å². The van der Waals surface area contributed by atoms with Gasteiger partial charge in [-0.1, -0.05) is 11.6 Å². The van der Waals surface area contributed by atoms with E-state index in [0.717, 1.165) is 24.5 Å². The smallest absolute Gasteiger partial charge is 0.0410 e. The molecule has 16 heavy (non-hydrogen) atoms. The van der Waals surface area contributed by atoms with Gasteiger partial charge in [-0.05, 0) is 51.0 Å². The van der Waals surface area contributed by atoms with Crippen LogP contribution in [-0.4, -0.2) is 19.1 Å². The first-order valence-corrected chi connectivity index (χ1v) is 6.25. The third kappa shape index (κ3) is 3.39. The van der Waals surface area contributed by atoms with Crippen LogP contribution in [0.25, 0.3) is 0 Å². The largest absolute Gasteiger partial charge is 0.372 e. The molecule has 2 nitrogen and oxygen atoms in total. The normalized spacial score (nSPS) is 12.6. The highest BCUT2D eigenvalue weighted by molar-refractivity contribution is 6.30. The van der Waals surface area contributed by atoms with Gasteiger partial charge in [0.25, 0.3) is 0 Å². The summed E-state index contributed by atoms with van der Waals surface area (Å²) in [6, 6.07) is 6.22. The summed E-state index contributed by atoms with van der Waals surface area (Å²) < 4.78 is 0. The van der Waals surface area contributed by atoms with Crippen molar-refractivity contribution in [3.05, 3.63) is 28.8 Å². The van der Waals surface area contributed by atoms with E-state index in [4.69, 9.17) is 17.3 Å². The molecule has 0 amide bonds. The van der Waals surface area contributed by atoms with Crippen molar-refractivity contribution in [3.63, 3.8) is 0 Å². The molecular weight excluding hydrogens is 220 g/mol. The van der Waals surface area contributed by atoms with Crippen LogP contribution in [-0.2, 0) is 6.42 Å². The first-order chi connectivity index (χ1) is 7.58. The van der Waals surface area contributed by atoms with Gasteiger partial charge in [0.15, 0.2) is 0 Å². The molecule has 0 radical (unpaired) electrons. The van der Waals surface area contributed by atoms with Gasteiger partial charge in [0.2, 0.25) is 0 Å². The number of hydrogen-bond donors (Lipinski definition) is 1. The van der Waals surface area contributed by atoms with Gasteiger partial charge in [-0.25, -0.2) is 0 Å². The number of nitrogens with two attached hydrogens (primary N) is 1. The highest BCUT2D eigenvalue weighted by atomic mass is 35.5. The van der Waals surface area contributed by atoms with Gasteiger partial charge in [-0.15, -0.1) is 0 Å². The number of rotatable bonds is 5. The van der Waals surface area contributed by atoms with E-state index in [9.17, 15) is 0 Å². The molecule has 1 rings (SSSR count). The van der Waals surface area contributed by atoms with Crippen LogP contribution >= 0.6 is 11.6 Å². The average Bonchev–Trinajstić information content (AvgIpc) is 2.21. The molecular formula is C13H21ClN2. The molecule has 1 atom stereocenters. The Kier molecular flexibility index (Phi) is 5.10. The monoisotopic (exact) mass is 240 g/mol. The van der Waals surface area contributed by atoms with Crippen molar-refractivity contribution in [2.24, 2.45) is 5.73 Å². The van der Waals surface area contributed by atoms with Gasteiger partial charge in [0, 0.05) is 29.8 Å². The zero-order chi connectivity index (χ0) is 12.1. The number of halogens is 1. The molecule has 1 aromatic rings. The minimum atomic E-state index is 0.160. The first-order valence-electron chi connectivity index (χ1n) is 5.87. The summed E-state index contributed by atoms with van der Waals surface area (Å²) >= 11 is 6.03. The van der Waals surface area contributed by atoms with E-state index in [1.807, 2.05) is 19.1 Å². The van der Waals surface area contributed by atoms with Gasteiger partial charge in [-0.2, -0.15) is 0 Å². The summed E-state index contributed by atoms with van der Waals surface area (Å²) in [5, 5.41) is 0.784. The Bertz CT molecular complexity index is 333. The molecule has 0 heterocycles. The van der Waals surface area contributed by atoms with Gasteiger partial charge < -0.3 is 10.6 Å². The summed E-state index contributed by atoms with van der Waals surface area (Å²) in [4.78, 5) is 2.33. The molecule has 0 saturated heterocycles. The first kappa shape index (κ1) is 13.3. The zero-order valence-electron chi connectivity index (χ0n) is 10.3. The number of hydrogen-bond acceptors (Lipinski definition) is 2. The van der Waals surface area contributed by atoms with Crippen molar-refractivity contribution >= 4 is 17.3 Å². The molecule has 0 aliphatic heterocycles. The van der Waals surface area contributed by atoms with Crippen molar-refractivity contribution in [3.8, 4) is 0 Å². The number of benzene rings is 1. The number of anilines is 1. The predicted molar refractivity (Wildman–Crippen MR) is 72.4 cm³/mol. The summed E-state index contributed by atoms with van der Waals surface area (Å²) in [6.07, 6.45) is 0.867. The highest BCUT2D eigenvalue weighted by Gasteiger charge is 2.10. The van der Waals surface area contributed by atoms with E-state index in [2.05, 4.69) is 24.8 Å². The van der Waals surface area contributed by atoms with Crippen molar-refractivity contribution in [1.82, 2.24) is 0 Å². The maximum Gasteiger partial charge on any atom is 0.0410 e. The lowest BCUT2D eigenvalue weighted by atomic mass is 10.0. The molecule has 0 aliphatic rings. The minimum absolute atomic E-state index is 0.160. The second kappa shape index (κ2) is 6.12. The number of nitrogens with zero attached hydrogens (tertiary/aromatic N) is 1. The molecule has 0 saturated carbocycles. The SMILES string of the molecule is CCN(CC)c1ccc(Cl)cc1CC(C)N. The highest BCUT2D eigenvalue weighted by Crippen LogP contribution is 2.25. The Hall–Kier alpha value is -0.730. The van der Waals surface area contributed by atoms with Crippen LogP contribution in [0.3, 0.4) is 0 Å². The minimum Gasteiger partial charge on any atom is -0.372 e. The van der Waals surface area contributed by atoms with E-state index in [1.54, 1.807) is 0 Å². The van der Waals surface area contributed by atoms with Crippen molar-refractivity contribution < 1.29 is 0 Å². The summed E-state index contributed by atoms with van der Waals surface area (Å²) in [5.74, 6) is 0. The summed E-state index contributed by atoms with van der Waals surface area (Å²) in [6.45, 7) is 8.35. The predicted octanol–water partition coefficient (Wildman–Crippen LogP) is 3.08. The quantitative estimate of drug-likeness (QED) is 0.857. The molecule has 0 spiro atoms. The molecule has 1 aromatic carbocycles. The lowest BCUT2D eigenvalue weighted by molar-refractivity contribution is 0.732. The van der Waals surface area contributed by atoms with Crippen LogP contribution in [0.5, 0.6) is 0 Å². The van der Waals surface area contributed by atoms with Crippen LogP contribution in [0.4, 0.5) is 5.69 Å². The second-order valence-corrected chi connectivity index (χ2v) is 4.56. The van der Waals surface area contributed by atoms with E-state index < -0.39 is 0 Å². The molecule has 90 valence electrons. The molecule has 0 aliphatic carbocycles. The maximum absolute atomic E-state index is 6.03. The fourth-order valence-electron chi connectivity index (χ4n) is 1.94. The zero-order valence-corrected chi connectivity index (χ0v) is 11.1. The Morgan fingerprint density at radius 3 is 2.44 bits per heavy atom.